The van der Waals surface area contributed by atoms with Gasteiger partial charge in [0.25, 0.3) is 0 Å². The smallest absolute Gasteiger partial charge is 0.238 e. The van der Waals surface area contributed by atoms with E-state index < -0.39 is 0 Å². The summed E-state index contributed by atoms with van der Waals surface area (Å²) in [5.74, 6) is -0.921. The van der Waals surface area contributed by atoms with Gasteiger partial charge in [-0.05, 0) is 47.5 Å². The predicted molar refractivity (Wildman–Crippen MR) is 97.7 cm³/mol. The van der Waals surface area contributed by atoms with E-state index in [2.05, 4.69) is 10.6 Å². The molecule has 3 aromatic rings. The van der Waals surface area contributed by atoms with Crippen molar-refractivity contribution in [3.05, 3.63) is 102 Å². The summed E-state index contributed by atoms with van der Waals surface area (Å²) < 4.78 is 26.2. The highest BCUT2D eigenvalue weighted by atomic mass is 19.1. The lowest BCUT2D eigenvalue weighted by atomic mass is 9.98. The van der Waals surface area contributed by atoms with Gasteiger partial charge in [-0.3, -0.25) is 10.1 Å². The maximum Gasteiger partial charge on any atom is 0.238 e. The van der Waals surface area contributed by atoms with Crippen molar-refractivity contribution in [1.29, 1.82) is 0 Å². The fourth-order valence-corrected chi connectivity index (χ4v) is 2.66. The largest absolute Gasteiger partial charge is 0.325 e. The Hall–Kier alpha value is -3.05. The molecule has 0 aliphatic heterocycles. The van der Waals surface area contributed by atoms with Gasteiger partial charge in [0.15, 0.2) is 0 Å². The molecule has 3 aromatic carbocycles. The highest BCUT2D eigenvalue weighted by molar-refractivity contribution is 5.92. The Morgan fingerprint density at radius 2 is 1.31 bits per heavy atom. The molecular formula is C21H18F2N2O. The summed E-state index contributed by atoms with van der Waals surface area (Å²) in [4.78, 5) is 12.2. The molecule has 0 heterocycles. The van der Waals surface area contributed by atoms with E-state index in [1.54, 1.807) is 12.1 Å². The van der Waals surface area contributed by atoms with Crippen LogP contribution in [0, 0.1) is 11.6 Å². The summed E-state index contributed by atoms with van der Waals surface area (Å²) in [6, 6.07) is 21.1. The first-order valence-electron chi connectivity index (χ1n) is 8.21. The van der Waals surface area contributed by atoms with E-state index in [0.717, 1.165) is 11.1 Å². The number of benzene rings is 3. The molecule has 5 heteroatoms. The van der Waals surface area contributed by atoms with Crippen molar-refractivity contribution in [2.75, 3.05) is 11.9 Å². The second-order valence-electron chi connectivity index (χ2n) is 5.83. The number of rotatable bonds is 6. The zero-order chi connectivity index (χ0) is 18.4. The Kier molecular flexibility index (Phi) is 5.71. The molecular weight excluding hydrogens is 334 g/mol. The summed E-state index contributed by atoms with van der Waals surface area (Å²) in [5.41, 5.74) is 2.34. The van der Waals surface area contributed by atoms with Gasteiger partial charge >= 0.3 is 0 Å². The van der Waals surface area contributed by atoms with Crippen LogP contribution in [0.2, 0.25) is 0 Å². The Morgan fingerprint density at radius 1 is 0.769 bits per heavy atom. The van der Waals surface area contributed by atoms with E-state index in [0.29, 0.717) is 5.69 Å². The van der Waals surface area contributed by atoms with Crippen LogP contribution in [-0.2, 0) is 4.79 Å². The maximum atomic E-state index is 13.2. The number of hydrogen-bond donors (Lipinski definition) is 2. The molecule has 0 saturated heterocycles. The van der Waals surface area contributed by atoms with Crippen LogP contribution in [0.25, 0.3) is 0 Å². The van der Waals surface area contributed by atoms with Gasteiger partial charge < -0.3 is 5.32 Å². The monoisotopic (exact) mass is 352 g/mol. The molecule has 0 bridgehead atoms. The topological polar surface area (TPSA) is 41.1 Å². The number of carbonyl (C=O) groups is 1. The lowest BCUT2D eigenvalue weighted by Gasteiger charge is -2.20. The highest BCUT2D eigenvalue weighted by Crippen LogP contribution is 2.22. The van der Waals surface area contributed by atoms with Crippen molar-refractivity contribution in [2.24, 2.45) is 0 Å². The normalized spacial score (nSPS) is 11.8. The zero-order valence-electron chi connectivity index (χ0n) is 14.0. The van der Waals surface area contributed by atoms with Gasteiger partial charge in [-0.2, -0.15) is 0 Å². The van der Waals surface area contributed by atoms with E-state index >= 15 is 0 Å². The van der Waals surface area contributed by atoms with Crippen molar-refractivity contribution in [3.63, 3.8) is 0 Å². The first kappa shape index (κ1) is 17.8. The summed E-state index contributed by atoms with van der Waals surface area (Å²) in [5, 5.41) is 5.90. The van der Waals surface area contributed by atoms with Gasteiger partial charge in [0.05, 0.1) is 12.6 Å². The molecule has 3 nitrogen and oxygen atoms in total. The average molecular weight is 352 g/mol. The van der Waals surface area contributed by atoms with E-state index in [1.807, 2.05) is 30.3 Å². The van der Waals surface area contributed by atoms with Crippen molar-refractivity contribution in [1.82, 2.24) is 5.32 Å². The molecule has 0 spiro atoms. The molecule has 1 atom stereocenters. The molecule has 3 rings (SSSR count). The minimum absolute atomic E-state index is 0.0499. The van der Waals surface area contributed by atoms with Gasteiger partial charge in [0.2, 0.25) is 5.91 Å². The highest BCUT2D eigenvalue weighted by Gasteiger charge is 2.15. The zero-order valence-corrected chi connectivity index (χ0v) is 14.0. The van der Waals surface area contributed by atoms with Crippen LogP contribution in [0.5, 0.6) is 0 Å². The van der Waals surface area contributed by atoms with Gasteiger partial charge in [-0.25, -0.2) is 8.78 Å². The van der Waals surface area contributed by atoms with Crippen LogP contribution in [-0.4, -0.2) is 12.5 Å². The molecule has 1 unspecified atom stereocenters. The van der Waals surface area contributed by atoms with Gasteiger partial charge in [0, 0.05) is 5.69 Å². The van der Waals surface area contributed by atoms with Crippen molar-refractivity contribution < 1.29 is 13.6 Å². The van der Waals surface area contributed by atoms with Crippen LogP contribution < -0.4 is 10.6 Å². The molecule has 0 radical (unpaired) electrons. The maximum absolute atomic E-state index is 13.2. The summed E-state index contributed by atoms with van der Waals surface area (Å²) in [6.45, 7) is 0.0499. The number of anilines is 1. The minimum atomic E-state index is -0.360. The van der Waals surface area contributed by atoms with Gasteiger partial charge in [-0.1, -0.05) is 42.5 Å². The Morgan fingerprint density at radius 3 is 1.92 bits per heavy atom. The molecule has 2 N–H and O–H groups in total. The summed E-state index contributed by atoms with van der Waals surface area (Å²) >= 11 is 0. The number of carbonyl (C=O) groups excluding carboxylic acids is 1. The standard InChI is InChI=1S/C21H18F2N2O/c22-17-8-6-16(7-9-17)21(15-4-2-1-3-5-15)24-14-20(26)25-19-12-10-18(23)11-13-19/h1-13,21,24H,14H2,(H,25,26). The second kappa shape index (κ2) is 8.36. The quantitative estimate of drug-likeness (QED) is 0.695. The molecule has 26 heavy (non-hydrogen) atoms. The Bertz CT molecular complexity index is 849. The third kappa shape index (κ3) is 4.74. The second-order valence-corrected chi connectivity index (χ2v) is 5.83. The van der Waals surface area contributed by atoms with Crippen LogP contribution in [0.15, 0.2) is 78.9 Å². The SMILES string of the molecule is O=C(CNC(c1ccccc1)c1ccc(F)cc1)Nc1ccc(F)cc1. The van der Waals surface area contributed by atoms with E-state index in [9.17, 15) is 13.6 Å². The molecule has 0 aliphatic carbocycles. The van der Waals surface area contributed by atoms with Gasteiger partial charge in [-0.15, -0.1) is 0 Å². The average Bonchev–Trinajstić information content (AvgIpc) is 2.66. The molecule has 0 aromatic heterocycles. The fraction of sp³-hybridized carbons (Fsp3) is 0.0952. The Balaban J connectivity index is 1.70. The lowest BCUT2D eigenvalue weighted by Crippen LogP contribution is -2.31. The first-order chi connectivity index (χ1) is 12.6. The summed E-state index contributed by atoms with van der Waals surface area (Å²) in [6.07, 6.45) is 0. The lowest BCUT2D eigenvalue weighted by molar-refractivity contribution is -0.115. The molecule has 0 saturated carbocycles. The fourth-order valence-electron chi connectivity index (χ4n) is 2.66. The van der Waals surface area contributed by atoms with Crippen molar-refractivity contribution in [3.8, 4) is 0 Å². The molecule has 0 fully saturated rings. The molecule has 132 valence electrons. The number of halogens is 2. The van der Waals surface area contributed by atoms with E-state index in [-0.39, 0.29) is 30.1 Å². The van der Waals surface area contributed by atoms with Crippen LogP contribution >= 0.6 is 0 Å². The van der Waals surface area contributed by atoms with E-state index in [4.69, 9.17) is 0 Å². The number of hydrogen-bond acceptors (Lipinski definition) is 2. The number of amides is 1. The predicted octanol–water partition coefficient (Wildman–Crippen LogP) is 4.28. The van der Waals surface area contributed by atoms with Crippen LogP contribution in [0.4, 0.5) is 14.5 Å². The van der Waals surface area contributed by atoms with Gasteiger partial charge in [0.1, 0.15) is 11.6 Å². The Labute approximate surface area is 150 Å². The third-order valence-electron chi connectivity index (χ3n) is 3.93. The number of nitrogens with one attached hydrogen (secondary N) is 2. The van der Waals surface area contributed by atoms with Crippen molar-refractivity contribution >= 4 is 11.6 Å². The molecule has 0 aliphatic rings. The van der Waals surface area contributed by atoms with E-state index in [1.165, 1.54) is 36.4 Å². The minimum Gasteiger partial charge on any atom is -0.325 e. The first-order valence-corrected chi connectivity index (χ1v) is 8.21. The summed E-state index contributed by atoms with van der Waals surface area (Å²) in [7, 11) is 0. The van der Waals surface area contributed by atoms with Crippen LogP contribution in [0.1, 0.15) is 17.2 Å². The molecule has 1 amide bonds. The van der Waals surface area contributed by atoms with Crippen LogP contribution in [0.3, 0.4) is 0 Å². The third-order valence-corrected chi connectivity index (χ3v) is 3.93. The van der Waals surface area contributed by atoms with Crippen molar-refractivity contribution in [2.45, 2.75) is 6.04 Å².